The zero-order valence-electron chi connectivity index (χ0n) is 20.4. The van der Waals surface area contributed by atoms with Crippen molar-refractivity contribution in [2.45, 2.75) is 52.4 Å². The Labute approximate surface area is 200 Å². The van der Waals surface area contributed by atoms with Crippen LogP contribution in [0.3, 0.4) is 0 Å². The highest BCUT2D eigenvalue weighted by atomic mass is 16.4. The fourth-order valence-corrected chi connectivity index (χ4v) is 3.40. The number of carboxylic acids is 1. The van der Waals surface area contributed by atoms with E-state index in [1.807, 2.05) is 41.5 Å². The molecule has 0 radical (unpaired) electrons. The van der Waals surface area contributed by atoms with Crippen molar-refractivity contribution in [3.05, 3.63) is 88.5 Å². The molecule has 0 aromatic heterocycles. The number of aromatic carboxylic acids is 1. The molecule has 34 heavy (non-hydrogen) atoms. The number of benzene rings is 3. The smallest absolute Gasteiger partial charge is 0.335 e. The van der Waals surface area contributed by atoms with Crippen LogP contribution >= 0.6 is 0 Å². The zero-order chi connectivity index (χ0) is 25.8. The third-order valence-corrected chi connectivity index (χ3v) is 5.26. The summed E-state index contributed by atoms with van der Waals surface area (Å²) < 4.78 is 0. The Kier molecular flexibility index (Phi) is 7.78. The predicted molar refractivity (Wildman–Crippen MR) is 132 cm³/mol. The van der Waals surface area contributed by atoms with Crippen molar-refractivity contribution >= 4 is 11.8 Å². The first-order valence-corrected chi connectivity index (χ1v) is 10.9. The Hall–Kier alpha value is -3.80. The van der Waals surface area contributed by atoms with E-state index in [1.54, 1.807) is 42.5 Å². The van der Waals surface area contributed by atoms with Crippen LogP contribution in [0.25, 0.3) is 0 Å². The molecule has 0 unspecified atom stereocenters. The normalized spacial score (nSPS) is 11.4. The summed E-state index contributed by atoms with van der Waals surface area (Å²) >= 11 is 0. The number of hydrogen-bond acceptors (Lipinski definition) is 5. The summed E-state index contributed by atoms with van der Waals surface area (Å²) in [7, 11) is 0. The van der Waals surface area contributed by atoms with Gasteiger partial charge in [-0.05, 0) is 35.1 Å². The highest BCUT2D eigenvalue weighted by Gasteiger charge is 2.27. The van der Waals surface area contributed by atoms with Gasteiger partial charge in [0.05, 0.1) is 5.56 Å². The highest BCUT2D eigenvalue weighted by Crippen LogP contribution is 2.39. The van der Waals surface area contributed by atoms with Crippen molar-refractivity contribution in [3.8, 4) is 17.2 Å². The van der Waals surface area contributed by atoms with Crippen LogP contribution in [0.15, 0.2) is 60.7 Å². The Morgan fingerprint density at radius 1 is 0.647 bits per heavy atom. The van der Waals surface area contributed by atoms with Gasteiger partial charge in [0, 0.05) is 16.7 Å². The zero-order valence-corrected chi connectivity index (χ0v) is 20.4. The topological polar surface area (TPSA) is 115 Å². The van der Waals surface area contributed by atoms with Gasteiger partial charge in [-0.2, -0.15) is 0 Å². The summed E-state index contributed by atoms with van der Waals surface area (Å²) in [4.78, 5) is 23.2. The standard InChI is InChI=1S/C15H22O3.C13H10O3/c1-14(2,3)10-7-9(13(17)18)8-11(12(10)16)15(4,5)6;14-10-7-4-8-11(15)12(10)13(16)9-5-2-1-3-6-9/h7-8,16H,1-6H3,(H,17,18);1-8,14-15H. The summed E-state index contributed by atoms with van der Waals surface area (Å²) in [6.45, 7) is 11.8. The van der Waals surface area contributed by atoms with E-state index in [9.17, 15) is 30.0 Å². The van der Waals surface area contributed by atoms with Gasteiger partial charge < -0.3 is 20.4 Å². The maximum Gasteiger partial charge on any atom is 0.335 e. The van der Waals surface area contributed by atoms with Crippen molar-refractivity contribution in [3.63, 3.8) is 0 Å². The van der Waals surface area contributed by atoms with E-state index in [0.717, 1.165) is 0 Å². The molecule has 3 aromatic rings. The molecule has 0 atom stereocenters. The van der Waals surface area contributed by atoms with Crippen molar-refractivity contribution in [2.75, 3.05) is 0 Å². The fourth-order valence-electron chi connectivity index (χ4n) is 3.40. The molecule has 0 bridgehead atoms. The SMILES string of the molecule is CC(C)(C)c1cc(C(=O)O)cc(C(C)(C)C)c1O.O=C(c1ccccc1)c1c(O)cccc1O. The van der Waals surface area contributed by atoms with E-state index in [-0.39, 0.29) is 39.2 Å². The van der Waals surface area contributed by atoms with Crippen LogP contribution < -0.4 is 0 Å². The van der Waals surface area contributed by atoms with Crippen LogP contribution in [0.4, 0.5) is 0 Å². The average molecular weight is 465 g/mol. The minimum absolute atomic E-state index is 0.0614. The van der Waals surface area contributed by atoms with Gasteiger partial charge in [-0.15, -0.1) is 0 Å². The molecular weight excluding hydrogens is 432 g/mol. The van der Waals surface area contributed by atoms with E-state index >= 15 is 0 Å². The number of ketones is 1. The number of carbonyl (C=O) groups excluding carboxylic acids is 1. The van der Waals surface area contributed by atoms with E-state index in [1.165, 1.54) is 18.2 Å². The number of phenolic OH excluding ortho intramolecular Hbond substituents is 3. The number of hydrogen-bond donors (Lipinski definition) is 4. The largest absolute Gasteiger partial charge is 0.507 e. The first kappa shape index (κ1) is 26.5. The van der Waals surface area contributed by atoms with E-state index in [2.05, 4.69) is 0 Å². The number of phenols is 3. The van der Waals surface area contributed by atoms with Crippen LogP contribution in [-0.4, -0.2) is 32.2 Å². The molecule has 3 aromatic carbocycles. The maximum atomic E-state index is 12.0. The second-order valence-corrected chi connectivity index (χ2v) is 10.1. The Bertz CT molecular complexity index is 1130. The average Bonchev–Trinajstić information content (AvgIpc) is 2.73. The van der Waals surface area contributed by atoms with Crippen LogP contribution in [0.2, 0.25) is 0 Å². The van der Waals surface area contributed by atoms with Crippen molar-refractivity contribution in [2.24, 2.45) is 0 Å². The lowest BCUT2D eigenvalue weighted by molar-refractivity contribution is 0.0696. The highest BCUT2D eigenvalue weighted by molar-refractivity contribution is 6.12. The van der Waals surface area contributed by atoms with Crippen LogP contribution in [-0.2, 0) is 10.8 Å². The van der Waals surface area contributed by atoms with Crippen molar-refractivity contribution in [1.82, 2.24) is 0 Å². The lowest BCUT2D eigenvalue weighted by Crippen LogP contribution is -2.18. The molecule has 0 aliphatic carbocycles. The van der Waals surface area contributed by atoms with E-state index in [0.29, 0.717) is 16.7 Å². The molecule has 0 aliphatic heterocycles. The molecule has 0 amide bonds. The quantitative estimate of drug-likeness (QED) is 0.353. The van der Waals surface area contributed by atoms with Crippen LogP contribution in [0.1, 0.15) is 78.9 Å². The number of carbonyl (C=O) groups is 2. The molecule has 180 valence electrons. The van der Waals surface area contributed by atoms with Gasteiger partial charge in [0.1, 0.15) is 22.8 Å². The first-order valence-electron chi connectivity index (χ1n) is 10.9. The molecule has 0 spiro atoms. The molecule has 0 saturated heterocycles. The monoisotopic (exact) mass is 464 g/mol. The summed E-state index contributed by atoms with van der Waals surface area (Å²) in [6.07, 6.45) is 0. The van der Waals surface area contributed by atoms with Gasteiger partial charge >= 0.3 is 5.97 Å². The molecule has 0 fully saturated rings. The summed E-state index contributed by atoms with van der Waals surface area (Å²) in [5.41, 5.74) is 1.35. The molecule has 3 rings (SSSR count). The van der Waals surface area contributed by atoms with Gasteiger partial charge in [0.2, 0.25) is 0 Å². The summed E-state index contributed by atoms with van der Waals surface area (Å²) in [5.74, 6) is -1.58. The van der Waals surface area contributed by atoms with Crippen LogP contribution in [0.5, 0.6) is 17.2 Å². The first-order chi connectivity index (χ1) is 15.6. The van der Waals surface area contributed by atoms with E-state index < -0.39 is 11.8 Å². The second kappa shape index (κ2) is 10.00. The molecular formula is C28H32O6. The molecule has 6 nitrogen and oxygen atoms in total. The van der Waals surface area contributed by atoms with Gasteiger partial charge in [0.15, 0.2) is 5.78 Å². The van der Waals surface area contributed by atoms with Gasteiger partial charge in [-0.25, -0.2) is 4.79 Å². The summed E-state index contributed by atoms with van der Waals surface area (Å²) in [5, 5.41) is 38.6. The second-order valence-electron chi connectivity index (χ2n) is 10.1. The number of rotatable bonds is 3. The molecule has 0 saturated carbocycles. The molecule has 4 N–H and O–H groups in total. The number of carboxylic acid groups (broad SMARTS) is 1. The Morgan fingerprint density at radius 2 is 1.09 bits per heavy atom. The maximum absolute atomic E-state index is 12.0. The fraction of sp³-hybridized carbons (Fsp3) is 0.286. The van der Waals surface area contributed by atoms with Crippen LogP contribution in [0, 0.1) is 0 Å². The lowest BCUT2D eigenvalue weighted by atomic mass is 9.78. The summed E-state index contributed by atoms with van der Waals surface area (Å²) in [6, 6.07) is 15.9. The van der Waals surface area contributed by atoms with Gasteiger partial charge in [0.25, 0.3) is 0 Å². The third kappa shape index (κ3) is 6.16. The van der Waals surface area contributed by atoms with Gasteiger partial charge in [-0.1, -0.05) is 77.9 Å². The van der Waals surface area contributed by atoms with Crippen molar-refractivity contribution in [1.29, 1.82) is 0 Å². The molecule has 0 aliphatic rings. The van der Waals surface area contributed by atoms with Gasteiger partial charge in [-0.3, -0.25) is 4.79 Å². The Morgan fingerprint density at radius 3 is 1.47 bits per heavy atom. The van der Waals surface area contributed by atoms with Crippen molar-refractivity contribution < 1.29 is 30.0 Å². The molecule has 0 heterocycles. The van der Waals surface area contributed by atoms with E-state index in [4.69, 9.17) is 0 Å². The third-order valence-electron chi connectivity index (χ3n) is 5.26. The number of aromatic hydroxyl groups is 3. The predicted octanol–water partition coefficient (Wildman–Crippen LogP) is 6.01. The molecule has 6 heteroatoms. The Balaban J connectivity index is 0.000000241. The minimum Gasteiger partial charge on any atom is -0.507 e. The minimum atomic E-state index is -0.967. The lowest BCUT2D eigenvalue weighted by Gasteiger charge is -2.27.